The quantitative estimate of drug-likeness (QED) is 0.503. The highest BCUT2D eigenvalue weighted by Crippen LogP contribution is 2.19. The molecule has 1 heterocycles. The maximum atomic E-state index is 12.9. The molecule has 0 saturated heterocycles. The Kier molecular flexibility index (Phi) is 7.84. The summed E-state index contributed by atoms with van der Waals surface area (Å²) >= 11 is 1.57. The fraction of sp³-hybridized carbons (Fsp3) is 0.273. The van der Waals surface area contributed by atoms with Gasteiger partial charge in [-0.15, -0.1) is 0 Å². The topological polar surface area (TPSA) is 88.2 Å². The third kappa shape index (κ3) is 6.04. The molecule has 0 aliphatic heterocycles. The van der Waals surface area contributed by atoms with Crippen LogP contribution in [-0.4, -0.2) is 43.9 Å². The number of aromatic nitrogens is 1. The van der Waals surface area contributed by atoms with Crippen molar-refractivity contribution in [2.75, 3.05) is 18.6 Å². The lowest BCUT2D eigenvalue weighted by Crippen LogP contribution is -2.47. The highest BCUT2D eigenvalue weighted by molar-refractivity contribution is 7.98. The zero-order valence-electron chi connectivity index (χ0n) is 16.7. The van der Waals surface area contributed by atoms with Crippen LogP contribution in [0.3, 0.4) is 0 Å². The van der Waals surface area contributed by atoms with Gasteiger partial charge >= 0.3 is 0 Å². The van der Waals surface area contributed by atoms with E-state index in [0.717, 1.165) is 16.5 Å². The molecule has 1 atom stereocenters. The van der Waals surface area contributed by atoms with Gasteiger partial charge in [0.05, 0.1) is 4.90 Å². The maximum absolute atomic E-state index is 12.9. The fourth-order valence-electron chi connectivity index (χ4n) is 3.05. The largest absolute Gasteiger partial charge is 0.354 e. The number of hydrogen-bond donors (Lipinski definition) is 2. The molecule has 1 unspecified atom stereocenters. The van der Waals surface area contributed by atoms with Gasteiger partial charge in [-0.1, -0.05) is 36.4 Å². The first-order valence-corrected chi connectivity index (χ1v) is 12.5. The lowest BCUT2D eigenvalue weighted by molar-refractivity contribution is -0.122. The molecule has 3 rings (SSSR count). The van der Waals surface area contributed by atoms with E-state index < -0.39 is 16.1 Å². The second-order valence-electron chi connectivity index (χ2n) is 6.83. The number of fused-ring (bicyclic) bond motifs is 1. The highest BCUT2D eigenvalue weighted by Gasteiger charge is 2.25. The summed E-state index contributed by atoms with van der Waals surface area (Å²) in [5, 5.41) is 4.62. The first kappa shape index (κ1) is 22.3. The number of nitrogens with zero attached hydrogens (tertiary/aromatic N) is 1. The van der Waals surface area contributed by atoms with E-state index in [4.69, 9.17) is 0 Å². The minimum absolute atomic E-state index is 0.150. The maximum Gasteiger partial charge on any atom is 0.241 e. The predicted molar refractivity (Wildman–Crippen MR) is 122 cm³/mol. The van der Waals surface area contributed by atoms with Crippen LogP contribution in [0.2, 0.25) is 0 Å². The number of hydrogen-bond acceptors (Lipinski definition) is 5. The number of sulfonamides is 1. The molecule has 6 nitrogen and oxygen atoms in total. The number of thioether (sulfide) groups is 1. The molecule has 1 amide bonds. The van der Waals surface area contributed by atoms with Crippen LogP contribution in [0.4, 0.5) is 0 Å². The van der Waals surface area contributed by atoms with Crippen molar-refractivity contribution in [2.24, 2.45) is 0 Å². The summed E-state index contributed by atoms with van der Waals surface area (Å²) in [6, 6.07) is 17.3. The molecular weight excluding hydrogens is 418 g/mol. The normalized spacial score (nSPS) is 12.6. The number of carbonyl (C=O) groups is 1. The number of nitrogens with one attached hydrogen (secondary N) is 2. The van der Waals surface area contributed by atoms with Gasteiger partial charge in [0.25, 0.3) is 0 Å². The Hall–Kier alpha value is -2.42. The van der Waals surface area contributed by atoms with Gasteiger partial charge in [0.1, 0.15) is 6.04 Å². The smallest absolute Gasteiger partial charge is 0.241 e. The molecule has 0 saturated carbocycles. The first-order valence-electron chi connectivity index (χ1n) is 9.67. The molecule has 158 valence electrons. The average Bonchev–Trinajstić information content (AvgIpc) is 2.77. The second kappa shape index (κ2) is 10.6. The predicted octanol–water partition coefficient (Wildman–Crippen LogP) is 2.99. The monoisotopic (exact) mass is 443 g/mol. The Morgan fingerprint density at radius 1 is 1.07 bits per heavy atom. The summed E-state index contributed by atoms with van der Waals surface area (Å²) in [4.78, 5) is 17.1. The van der Waals surface area contributed by atoms with Crippen LogP contribution >= 0.6 is 11.8 Å². The summed E-state index contributed by atoms with van der Waals surface area (Å²) in [5.41, 5.74) is 0.871. The second-order valence-corrected chi connectivity index (χ2v) is 9.53. The van der Waals surface area contributed by atoms with Crippen LogP contribution in [0.1, 0.15) is 12.1 Å². The third-order valence-corrected chi connectivity index (χ3v) is 6.78. The van der Waals surface area contributed by atoms with Crippen molar-refractivity contribution in [3.8, 4) is 0 Å². The van der Waals surface area contributed by atoms with Crippen LogP contribution in [0.5, 0.6) is 0 Å². The Morgan fingerprint density at radius 2 is 1.83 bits per heavy atom. The first-order chi connectivity index (χ1) is 14.5. The van der Waals surface area contributed by atoms with Crippen molar-refractivity contribution in [1.29, 1.82) is 0 Å². The molecule has 30 heavy (non-hydrogen) atoms. The SMILES string of the molecule is CSCCC(NS(=O)(=O)c1ccc2ccccc2c1)C(=O)NCCc1ccccn1. The van der Waals surface area contributed by atoms with Crippen LogP contribution in [0.25, 0.3) is 10.8 Å². The molecule has 0 bridgehead atoms. The van der Waals surface area contributed by atoms with Gasteiger partial charge in [0, 0.05) is 24.9 Å². The van der Waals surface area contributed by atoms with E-state index in [1.54, 1.807) is 36.2 Å². The van der Waals surface area contributed by atoms with E-state index in [1.807, 2.05) is 48.7 Å². The van der Waals surface area contributed by atoms with Crippen molar-refractivity contribution >= 4 is 38.5 Å². The average molecular weight is 444 g/mol. The van der Waals surface area contributed by atoms with Gasteiger partial charge in [-0.05, 0) is 53.5 Å². The van der Waals surface area contributed by atoms with Crippen LogP contribution in [0.15, 0.2) is 71.8 Å². The molecular formula is C22H25N3O3S2. The van der Waals surface area contributed by atoms with Crippen LogP contribution in [0, 0.1) is 0 Å². The number of carbonyl (C=O) groups excluding carboxylic acids is 1. The number of benzene rings is 2. The summed E-state index contributed by atoms with van der Waals surface area (Å²) in [6.45, 7) is 0.392. The van der Waals surface area contributed by atoms with E-state index in [0.29, 0.717) is 25.1 Å². The van der Waals surface area contributed by atoms with E-state index in [-0.39, 0.29) is 10.8 Å². The minimum Gasteiger partial charge on any atom is -0.354 e. The molecule has 1 aromatic heterocycles. The fourth-order valence-corrected chi connectivity index (χ4v) is 4.79. The van der Waals surface area contributed by atoms with Gasteiger partial charge in [0.15, 0.2) is 0 Å². The standard InChI is InChI=1S/C22H25N3O3S2/c1-29-15-12-21(22(26)24-14-11-19-8-4-5-13-23-19)25-30(27,28)20-10-9-17-6-2-3-7-18(17)16-20/h2-10,13,16,21,25H,11-12,14-15H2,1H3,(H,24,26). The van der Waals surface area contributed by atoms with Crippen molar-refractivity contribution < 1.29 is 13.2 Å². The Bertz CT molecular complexity index is 1090. The van der Waals surface area contributed by atoms with Gasteiger partial charge < -0.3 is 5.32 Å². The number of pyridine rings is 1. The molecule has 0 fully saturated rings. The van der Waals surface area contributed by atoms with Crippen molar-refractivity contribution in [1.82, 2.24) is 15.0 Å². The molecule has 8 heteroatoms. The molecule has 3 aromatic rings. The minimum atomic E-state index is -3.84. The summed E-state index contributed by atoms with van der Waals surface area (Å²) in [7, 11) is -3.84. The van der Waals surface area contributed by atoms with E-state index >= 15 is 0 Å². The van der Waals surface area contributed by atoms with Crippen LogP contribution in [-0.2, 0) is 21.2 Å². The van der Waals surface area contributed by atoms with Crippen molar-refractivity contribution in [3.63, 3.8) is 0 Å². The molecule has 0 aliphatic rings. The molecule has 2 aromatic carbocycles. The lowest BCUT2D eigenvalue weighted by Gasteiger charge is -2.18. The van der Waals surface area contributed by atoms with Crippen molar-refractivity contribution in [3.05, 3.63) is 72.6 Å². The molecule has 2 N–H and O–H groups in total. The highest BCUT2D eigenvalue weighted by atomic mass is 32.2. The van der Waals surface area contributed by atoms with Gasteiger partial charge in [0.2, 0.25) is 15.9 Å². The Morgan fingerprint density at radius 3 is 2.57 bits per heavy atom. The molecule has 0 radical (unpaired) electrons. The zero-order valence-corrected chi connectivity index (χ0v) is 18.4. The molecule has 0 spiro atoms. The van der Waals surface area contributed by atoms with Gasteiger partial charge in [-0.25, -0.2) is 8.42 Å². The zero-order chi connectivity index (χ0) is 21.4. The number of rotatable bonds is 10. The van der Waals surface area contributed by atoms with Crippen molar-refractivity contribution in [2.45, 2.75) is 23.8 Å². The number of amides is 1. The lowest BCUT2D eigenvalue weighted by atomic mass is 10.1. The summed E-state index contributed by atoms with van der Waals surface area (Å²) in [5.74, 6) is 0.336. The van der Waals surface area contributed by atoms with Gasteiger partial charge in [-0.3, -0.25) is 9.78 Å². The van der Waals surface area contributed by atoms with Gasteiger partial charge in [-0.2, -0.15) is 16.5 Å². The summed E-state index contributed by atoms with van der Waals surface area (Å²) in [6.07, 6.45) is 4.62. The van der Waals surface area contributed by atoms with Crippen LogP contribution < -0.4 is 10.0 Å². The summed E-state index contributed by atoms with van der Waals surface area (Å²) < 4.78 is 28.5. The van der Waals surface area contributed by atoms with E-state index in [2.05, 4.69) is 15.0 Å². The molecule has 0 aliphatic carbocycles. The third-order valence-electron chi connectivity index (χ3n) is 4.66. The van der Waals surface area contributed by atoms with E-state index in [1.165, 1.54) is 0 Å². The van der Waals surface area contributed by atoms with E-state index in [9.17, 15) is 13.2 Å². The Balaban J connectivity index is 1.69. The Labute approximate surface area is 181 Å².